The van der Waals surface area contributed by atoms with E-state index in [1.807, 2.05) is 0 Å². The molecule has 5 nitrogen and oxygen atoms in total. The van der Waals surface area contributed by atoms with Gasteiger partial charge in [-0.25, -0.2) is 12.8 Å². The Hall–Kier alpha value is -2.90. The molecule has 0 unspecified atom stereocenters. The molecule has 0 aliphatic carbocycles. The van der Waals surface area contributed by atoms with Crippen molar-refractivity contribution in [2.24, 2.45) is 0 Å². The van der Waals surface area contributed by atoms with Crippen LogP contribution in [-0.2, 0) is 16.4 Å². The second kappa shape index (κ2) is 7.50. The summed E-state index contributed by atoms with van der Waals surface area (Å²) in [6, 6.07) is 17.0. The molecular formula is C21H16ClFN2O3S. The van der Waals surface area contributed by atoms with Crippen LogP contribution < -0.4 is 9.62 Å². The van der Waals surface area contributed by atoms with Crippen molar-refractivity contribution in [2.75, 3.05) is 16.2 Å². The molecule has 1 N–H and O–H groups in total. The van der Waals surface area contributed by atoms with Crippen molar-refractivity contribution < 1.29 is 17.6 Å². The first-order valence-corrected chi connectivity index (χ1v) is 10.7. The third kappa shape index (κ3) is 3.71. The second-order valence-electron chi connectivity index (χ2n) is 6.57. The Morgan fingerprint density at radius 1 is 1.03 bits per heavy atom. The standard InChI is InChI=1S/C21H16ClFN2O3S/c22-18-13-16(7-8-19(18)23)24-21(26)15-6-9-20-14(12-15)10-11-25(20)29(27,28)17-4-2-1-3-5-17/h1-9,12-13H,10-11H2,(H,24,26). The Bertz CT molecular complexity index is 1200. The summed E-state index contributed by atoms with van der Waals surface area (Å²) in [5.41, 5.74) is 2.09. The van der Waals surface area contributed by atoms with E-state index in [4.69, 9.17) is 11.6 Å². The van der Waals surface area contributed by atoms with Gasteiger partial charge in [-0.1, -0.05) is 29.8 Å². The summed E-state index contributed by atoms with van der Waals surface area (Å²) in [5, 5.41) is 2.58. The molecule has 1 heterocycles. The van der Waals surface area contributed by atoms with Gasteiger partial charge in [0.1, 0.15) is 5.82 Å². The van der Waals surface area contributed by atoms with Crippen LogP contribution in [0.4, 0.5) is 15.8 Å². The molecule has 4 rings (SSSR count). The molecule has 0 spiro atoms. The highest BCUT2D eigenvalue weighted by atomic mass is 35.5. The highest BCUT2D eigenvalue weighted by Crippen LogP contribution is 2.33. The fourth-order valence-electron chi connectivity index (χ4n) is 3.26. The molecule has 1 amide bonds. The number of hydrogen-bond acceptors (Lipinski definition) is 3. The van der Waals surface area contributed by atoms with Gasteiger partial charge in [-0.15, -0.1) is 0 Å². The lowest BCUT2D eigenvalue weighted by atomic mass is 10.1. The van der Waals surface area contributed by atoms with Crippen LogP contribution >= 0.6 is 11.6 Å². The minimum absolute atomic E-state index is 0.0847. The smallest absolute Gasteiger partial charge is 0.264 e. The third-order valence-electron chi connectivity index (χ3n) is 4.70. The maximum Gasteiger partial charge on any atom is 0.264 e. The lowest BCUT2D eigenvalue weighted by Gasteiger charge is -2.19. The summed E-state index contributed by atoms with van der Waals surface area (Å²) in [5.74, 6) is -0.957. The Morgan fingerprint density at radius 3 is 2.52 bits per heavy atom. The normalized spacial score (nSPS) is 13.2. The first-order valence-electron chi connectivity index (χ1n) is 8.83. The molecule has 0 bridgehead atoms. The van der Waals surface area contributed by atoms with E-state index in [2.05, 4.69) is 5.32 Å². The van der Waals surface area contributed by atoms with Crippen LogP contribution in [0.25, 0.3) is 0 Å². The van der Waals surface area contributed by atoms with Gasteiger partial charge in [-0.3, -0.25) is 9.10 Å². The number of amides is 1. The van der Waals surface area contributed by atoms with Gasteiger partial charge in [0.05, 0.1) is 15.6 Å². The average Bonchev–Trinajstić information content (AvgIpc) is 3.15. The molecule has 0 saturated heterocycles. The van der Waals surface area contributed by atoms with E-state index in [0.717, 1.165) is 5.56 Å². The summed E-state index contributed by atoms with van der Waals surface area (Å²) in [4.78, 5) is 12.8. The molecule has 1 aliphatic rings. The number of carbonyl (C=O) groups is 1. The monoisotopic (exact) mass is 430 g/mol. The van der Waals surface area contributed by atoms with Crippen molar-refractivity contribution in [3.05, 3.63) is 88.7 Å². The van der Waals surface area contributed by atoms with Gasteiger partial charge in [0.2, 0.25) is 0 Å². The zero-order chi connectivity index (χ0) is 20.6. The highest BCUT2D eigenvalue weighted by Gasteiger charge is 2.31. The predicted octanol–water partition coefficient (Wildman–Crippen LogP) is 4.48. The number of anilines is 2. The average molecular weight is 431 g/mol. The minimum atomic E-state index is -3.66. The zero-order valence-corrected chi connectivity index (χ0v) is 16.7. The van der Waals surface area contributed by atoms with Crippen molar-refractivity contribution in [1.82, 2.24) is 0 Å². The molecule has 0 aromatic heterocycles. The molecule has 3 aromatic rings. The minimum Gasteiger partial charge on any atom is -0.322 e. The van der Waals surface area contributed by atoms with Crippen LogP contribution in [0.15, 0.2) is 71.6 Å². The number of nitrogens with one attached hydrogen (secondary N) is 1. The van der Waals surface area contributed by atoms with E-state index >= 15 is 0 Å². The molecule has 0 radical (unpaired) electrons. The number of rotatable bonds is 4. The maximum atomic E-state index is 13.3. The molecule has 0 saturated carbocycles. The molecule has 0 fully saturated rings. The number of hydrogen-bond donors (Lipinski definition) is 1. The molecule has 8 heteroatoms. The SMILES string of the molecule is O=C(Nc1ccc(F)c(Cl)c1)c1ccc2c(c1)CCN2S(=O)(=O)c1ccccc1. The maximum absolute atomic E-state index is 13.3. The van der Waals surface area contributed by atoms with E-state index in [1.165, 1.54) is 22.5 Å². The largest absolute Gasteiger partial charge is 0.322 e. The molecule has 1 aliphatic heterocycles. The van der Waals surface area contributed by atoms with Gasteiger partial charge in [0.15, 0.2) is 0 Å². The van der Waals surface area contributed by atoms with Gasteiger partial charge >= 0.3 is 0 Å². The van der Waals surface area contributed by atoms with Crippen LogP contribution in [0.5, 0.6) is 0 Å². The predicted molar refractivity (Wildman–Crippen MR) is 110 cm³/mol. The Morgan fingerprint density at radius 2 is 1.79 bits per heavy atom. The van der Waals surface area contributed by atoms with Gasteiger partial charge in [0.25, 0.3) is 15.9 Å². The highest BCUT2D eigenvalue weighted by molar-refractivity contribution is 7.92. The Balaban J connectivity index is 1.58. The van der Waals surface area contributed by atoms with Crippen LogP contribution in [0.3, 0.4) is 0 Å². The number of sulfonamides is 1. The molecular weight excluding hydrogens is 415 g/mol. The number of halogens is 2. The lowest BCUT2D eigenvalue weighted by molar-refractivity contribution is 0.102. The van der Waals surface area contributed by atoms with Crippen molar-refractivity contribution in [1.29, 1.82) is 0 Å². The lowest BCUT2D eigenvalue weighted by Crippen LogP contribution is -2.29. The quantitative estimate of drug-likeness (QED) is 0.663. The molecule has 148 valence electrons. The Labute approximate surface area is 172 Å². The first kappa shape index (κ1) is 19.4. The van der Waals surface area contributed by atoms with E-state index < -0.39 is 15.8 Å². The van der Waals surface area contributed by atoms with Crippen LogP contribution in [-0.4, -0.2) is 20.9 Å². The van der Waals surface area contributed by atoms with Gasteiger partial charge in [0, 0.05) is 17.8 Å². The molecule has 29 heavy (non-hydrogen) atoms. The summed E-state index contributed by atoms with van der Waals surface area (Å²) in [6.07, 6.45) is 0.505. The Kier molecular flexibility index (Phi) is 5.02. The van der Waals surface area contributed by atoms with E-state index in [0.29, 0.717) is 29.9 Å². The number of carbonyl (C=O) groups excluding carboxylic acids is 1. The summed E-state index contributed by atoms with van der Waals surface area (Å²) in [6.45, 7) is 0.311. The zero-order valence-electron chi connectivity index (χ0n) is 15.1. The second-order valence-corrected chi connectivity index (χ2v) is 8.84. The van der Waals surface area contributed by atoms with Crippen molar-refractivity contribution in [3.8, 4) is 0 Å². The van der Waals surface area contributed by atoms with E-state index in [-0.39, 0.29) is 15.8 Å². The summed E-state index contributed by atoms with van der Waals surface area (Å²) >= 11 is 5.74. The third-order valence-corrected chi connectivity index (χ3v) is 6.82. The van der Waals surface area contributed by atoms with E-state index in [1.54, 1.807) is 48.5 Å². The number of nitrogens with zero attached hydrogens (tertiary/aromatic N) is 1. The first-order chi connectivity index (χ1) is 13.9. The van der Waals surface area contributed by atoms with Gasteiger partial charge < -0.3 is 5.32 Å². The van der Waals surface area contributed by atoms with Crippen LogP contribution in [0, 0.1) is 5.82 Å². The molecule has 3 aromatic carbocycles. The fourth-order valence-corrected chi connectivity index (χ4v) is 4.96. The van der Waals surface area contributed by atoms with E-state index in [9.17, 15) is 17.6 Å². The topological polar surface area (TPSA) is 66.5 Å². The summed E-state index contributed by atoms with van der Waals surface area (Å²) in [7, 11) is -3.66. The van der Waals surface area contributed by atoms with Crippen LogP contribution in [0.1, 0.15) is 15.9 Å². The number of benzene rings is 3. The van der Waals surface area contributed by atoms with Crippen molar-refractivity contribution in [2.45, 2.75) is 11.3 Å². The van der Waals surface area contributed by atoms with Gasteiger partial charge in [-0.05, 0) is 60.5 Å². The van der Waals surface area contributed by atoms with Crippen LogP contribution in [0.2, 0.25) is 5.02 Å². The van der Waals surface area contributed by atoms with Crippen molar-refractivity contribution >= 4 is 38.9 Å². The number of fused-ring (bicyclic) bond motifs is 1. The van der Waals surface area contributed by atoms with Gasteiger partial charge in [-0.2, -0.15) is 0 Å². The van der Waals surface area contributed by atoms with Crippen molar-refractivity contribution in [3.63, 3.8) is 0 Å². The summed E-state index contributed by atoms with van der Waals surface area (Å²) < 4.78 is 40.5. The fraction of sp³-hybridized carbons (Fsp3) is 0.0952. The molecule has 0 atom stereocenters.